The van der Waals surface area contributed by atoms with Crippen LogP contribution < -0.4 is 65.5 Å². The summed E-state index contributed by atoms with van der Waals surface area (Å²) in [5, 5.41) is 21.5. The first-order chi connectivity index (χ1) is 37.7. The quantitative estimate of drug-likeness (QED) is 0.0644. The third kappa shape index (κ3) is 24.2. The summed E-state index contributed by atoms with van der Waals surface area (Å²) in [6.45, 7) is 15.2. The molecule has 0 unspecified atom stereocenters. The van der Waals surface area contributed by atoms with Gasteiger partial charge in [0.2, 0.25) is 70.9 Å². The zero-order valence-corrected chi connectivity index (χ0v) is 50.8. The predicted molar refractivity (Wildman–Crippen MR) is 311 cm³/mol. The molecule has 3 aliphatic rings. The van der Waals surface area contributed by atoms with Crippen molar-refractivity contribution in [2.45, 2.75) is 219 Å². The molecule has 0 aromatic heterocycles. The van der Waals surface area contributed by atoms with Crippen LogP contribution in [0.2, 0.25) is 0 Å². The van der Waals surface area contributed by atoms with Crippen molar-refractivity contribution in [3.63, 3.8) is 0 Å². The van der Waals surface area contributed by atoms with Crippen LogP contribution in [-0.4, -0.2) is 167 Å². The molecule has 0 saturated carbocycles. The summed E-state index contributed by atoms with van der Waals surface area (Å²) in [4.78, 5) is 171. The Hall–Kier alpha value is -5.86. The molecule has 28 heteroatoms. The molecule has 3 fully saturated rings. The predicted octanol–water partition coefficient (Wildman–Crippen LogP) is -1.10. The van der Waals surface area contributed by atoms with Crippen LogP contribution in [0.1, 0.15) is 158 Å². The van der Waals surface area contributed by atoms with E-state index in [1.165, 1.54) is 9.80 Å². The second kappa shape index (κ2) is 36.7. The Morgan fingerprint density at radius 3 is 0.951 bits per heavy atom. The number of fused-ring (bicyclic) bond motifs is 2. The maximum atomic E-state index is 14.6. The molecule has 3 heterocycles. The summed E-state index contributed by atoms with van der Waals surface area (Å²) in [6, 6.07) is -13.2. The molecule has 3 rings (SSSR count). The van der Waals surface area contributed by atoms with E-state index < -0.39 is 144 Å². The van der Waals surface area contributed by atoms with E-state index in [2.05, 4.69) is 42.5 Å². The Balaban J connectivity index is 0.0000168. The third-order valence-electron chi connectivity index (χ3n) is 14.2. The SMILES string of the molecule is CC(C)C[C@H]1NC(=O)[C@H](CC(N)=O)NC(=O)[C@@H]2CCCN2C(=O)[C@@H](CC(C)C)NC(=O)[C@@H](CCCCN)NC(=O)[C@@H](CC(C)C)NC(=O)[C@H](CC(N)=O)NC(=O)[C@@H]2CCCN2C(=O)[C@@H](CC(C)C)NC(=O)[C@@H](CCCCN)NC1=O.Cl.Cl. The van der Waals surface area contributed by atoms with Crippen LogP contribution in [0.4, 0.5) is 0 Å². The first-order valence-corrected chi connectivity index (χ1v) is 28.7. The Morgan fingerprint density at radius 2 is 0.659 bits per heavy atom. The van der Waals surface area contributed by atoms with Crippen LogP contribution in [0.15, 0.2) is 0 Å². The van der Waals surface area contributed by atoms with Gasteiger partial charge in [0.15, 0.2) is 0 Å². The molecule has 0 aromatic rings. The molecule has 0 spiro atoms. The number of hydrogen-bond donors (Lipinski definition) is 12. The van der Waals surface area contributed by atoms with Crippen molar-refractivity contribution < 1.29 is 57.5 Å². The Labute approximate surface area is 495 Å². The summed E-state index contributed by atoms with van der Waals surface area (Å²) >= 11 is 0. The summed E-state index contributed by atoms with van der Waals surface area (Å²) in [6.07, 6.45) is 1.66. The van der Waals surface area contributed by atoms with E-state index in [0.29, 0.717) is 38.5 Å². The number of amides is 12. The normalized spacial score (nSPS) is 26.3. The lowest BCUT2D eigenvalue weighted by atomic mass is 9.99. The maximum absolute atomic E-state index is 14.6. The molecule has 468 valence electrons. The first kappa shape index (κ1) is 74.2. The highest BCUT2D eigenvalue weighted by Gasteiger charge is 2.43. The van der Waals surface area contributed by atoms with Crippen LogP contribution in [-0.2, 0) is 57.5 Å². The summed E-state index contributed by atoms with van der Waals surface area (Å²) in [7, 11) is 0. The molecule has 0 bridgehead atoms. The lowest BCUT2D eigenvalue weighted by Gasteiger charge is -2.32. The van der Waals surface area contributed by atoms with E-state index in [1.54, 1.807) is 27.7 Å². The number of nitrogens with two attached hydrogens (primary N) is 4. The summed E-state index contributed by atoms with van der Waals surface area (Å²) in [5.74, 6) is -10.6. The number of rotatable bonds is 20. The fraction of sp³-hybridized carbons (Fsp3) is 0.778. The number of carbonyl (C=O) groups is 12. The van der Waals surface area contributed by atoms with E-state index in [9.17, 15) is 57.5 Å². The number of unbranched alkanes of at least 4 members (excludes halogenated alkanes) is 2. The Bertz CT molecular complexity index is 2040. The Morgan fingerprint density at radius 1 is 0.402 bits per heavy atom. The van der Waals surface area contributed by atoms with E-state index in [1.807, 2.05) is 27.7 Å². The van der Waals surface area contributed by atoms with Crippen LogP contribution >= 0.6 is 24.8 Å². The fourth-order valence-electron chi connectivity index (χ4n) is 10.3. The minimum Gasteiger partial charge on any atom is -0.370 e. The van der Waals surface area contributed by atoms with Crippen molar-refractivity contribution in [2.24, 2.45) is 46.6 Å². The molecule has 0 aromatic carbocycles. The highest BCUT2D eigenvalue weighted by molar-refractivity contribution is 6.01. The van der Waals surface area contributed by atoms with Gasteiger partial charge in [-0.05, 0) is 127 Å². The fourth-order valence-corrected chi connectivity index (χ4v) is 10.3. The number of nitrogens with one attached hydrogen (secondary N) is 8. The zero-order valence-electron chi connectivity index (χ0n) is 49.1. The summed E-state index contributed by atoms with van der Waals surface area (Å²) in [5.41, 5.74) is 22.8. The second-order valence-electron chi connectivity index (χ2n) is 23.3. The van der Waals surface area contributed by atoms with Gasteiger partial charge in [0, 0.05) is 13.1 Å². The molecular formula is C54H96Cl2N14O12. The van der Waals surface area contributed by atoms with Gasteiger partial charge in [-0.3, -0.25) is 57.5 Å². The first-order valence-electron chi connectivity index (χ1n) is 28.7. The second-order valence-corrected chi connectivity index (χ2v) is 23.3. The van der Waals surface area contributed by atoms with Gasteiger partial charge in [0.1, 0.15) is 60.4 Å². The van der Waals surface area contributed by atoms with Crippen molar-refractivity contribution in [2.75, 3.05) is 26.2 Å². The third-order valence-corrected chi connectivity index (χ3v) is 14.2. The van der Waals surface area contributed by atoms with Crippen molar-refractivity contribution >= 4 is 95.7 Å². The number of primary amides is 2. The number of halogens is 2. The average molecular weight is 1200 g/mol. The molecule has 3 saturated heterocycles. The maximum Gasteiger partial charge on any atom is 0.245 e. The van der Waals surface area contributed by atoms with Crippen LogP contribution in [0.25, 0.3) is 0 Å². The van der Waals surface area contributed by atoms with Gasteiger partial charge < -0.3 is 75.3 Å². The standard InChI is InChI=1S/C54H94N14O12.2ClH/c1-29(2)23-35-47(73)59-33(15-9-11-19-55)45(71)65-39(25-31(5)6)53(79)68-22-14-18-42(68)52(78)64-38(28-44(58)70)50(76)62-36(24-30(3)4)48(74)60-34(16-10-12-20-56)46(72)66-40(26-32(7)8)54(80)67-21-13-17-41(67)51(77)63-37(27-43(57)69)49(75)61-35;;/h29-42H,9-28,55-56H2,1-8H3,(H2,57,69)(H2,58,70)(H,59,73)(H,60,74)(H,61,75)(H,62,76)(H,63,77)(H,64,78)(H,65,71)(H,66,72);2*1H/t33-,34-,35-,36-,37+,38+,39-,40-,41+,42+;;/m1../s1. The molecule has 0 aliphatic carbocycles. The van der Waals surface area contributed by atoms with Crippen molar-refractivity contribution in [1.82, 2.24) is 52.3 Å². The van der Waals surface area contributed by atoms with Crippen molar-refractivity contribution in [3.8, 4) is 0 Å². The molecule has 0 radical (unpaired) electrons. The lowest BCUT2D eigenvalue weighted by Crippen LogP contribution is -2.61. The molecule has 16 N–H and O–H groups in total. The number of hydrogen-bond acceptors (Lipinski definition) is 14. The smallest absolute Gasteiger partial charge is 0.245 e. The van der Waals surface area contributed by atoms with Gasteiger partial charge in [0.05, 0.1) is 12.8 Å². The highest BCUT2D eigenvalue weighted by Crippen LogP contribution is 2.24. The van der Waals surface area contributed by atoms with Gasteiger partial charge in [-0.15, -0.1) is 24.8 Å². The number of carbonyl (C=O) groups excluding carboxylic acids is 12. The largest absolute Gasteiger partial charge is 0.370 e. The van der Waals surface area contributed by atoms with E-state index in [-0.39, 0.29) is 126 Å². The van der Waals surface area contributed by atoms with Gasteiger partial charge in [0.25, 0.3) is 0 Å². The molecule has 26 nitrogen and oxygen atoms in total. The van der Waals surface area contributed by atoms with Crippen LogP contribution in [0.5, 0.6) is 0 Å². The van der Waals surface area contributed by atoms with Gasteiger partial charge in [-0.25, -0.2) is 0 Å². The molecule has 82 heavy (non-hydrogen) atoms. The molecular weight excluding hydrogens is 1110 g/mol. The zero-order chi connectivity index (χ0) is 60.0. The van der Waals surface area contributed by atoms with Crippen LogP contribution in [0.3, 0.4) is 0 Å². The minimum absolute atomic E-state index is 0. The van der Waals surface area contributed by atoms with Crippen molar-refractivity contribution in [3.05, 3.63) is 0 Å². The molecule has 12 amide bonds. The van der Waals surface area contributed by atoms with Gasteiger partial charge >= 0.3 is 0 Å². The van der Waals surface area contributed by atoms with Gasteiger partial charge in [-0.2, -0.15) is 0 Å². The van der Waals surface area contributed by atoms with Crippen molar-refractivity contribution in [1.29, 1.82) is 0 Å². The monoisotopic (exact) mass is 1200 g/mol. The highest BCUT2D eigenvalue weighted by atomic mass is 35.5. The lowest BCUT2D eigenvalue weighted by molar-refractivity contribution is -0.143. The van der Waals surface area contributed by atoms with E-state index in [4.69, 9.17) is 22.9 Å². The van der Waals surface area contributed by atoms with E-state index in [0.717, 1.165) is 0 Å². The topological polar surface area (TPSA) is 412 Å². The average Bonchev–Trinajstić information content (AvgIpc) is 4.07. The van der Waals surface area contributed by atoms with Crippen LogP contribution in [0, 0.1) is 23.7 Å². The molecule has 10 atom stereocenters. The Kier molecular flexibility index (Phi) is 33.2. The van der Waals surface area contributed by atoms with Gasteiger partial charge in [-0.1, -0.05) is 55.4 Å². The molecule has 3 aliphatic heterocycles. The minimum atomic E-state index is -1.62. The number of nitrogens with zero attached hydrogens (tertiary/aromatic N) is 2. The van der Waals surface area contributed by atoms with E-state index >= 15 is 0 Å². The summed E-state index contributed by atoms with van der Waals surface area (Å²) < 4.78 is 0.